The van der Waals surface area contributed by atoms with Crippen molar-refractivity contribution in [3.8, 4) is 17.2 Å². The first-order valence-corrected chi connectivity index (χ1v) is 5.70. The Morgan fingerprint density at radius 3 is 2.71 bits per heavy atom. The molecule has 0 amide bonds. The summed E-state index contributed by atoms with van der Waals surface area (Å²) in [6.07, 6.45) is 2.46. The van der Waals surface area contributed by atoms with Gasteiger partial charge in [-0.1, -0.05) is 0 Å². The van der Waals surface area contributed by atoms with Crippen LogP contribution in [0, 0.1) is 10.1 Å². The molecule has 0 saturated heterocycles. The molecule has 0 aliphatic heterocycles. The van der Waals surface area contributed by atoms with Crippen LogP contribution < -0.4 is 9.47 Å². The fourth-order valence-corrected chi connectivity index (χ4v) is 1.61. The number of nitro groups is 1. The van der Waals surface area contributed by atoms with E-state index in [2.05, 4.69) is 4.98 Å². The summed E-state index contributed by atoms with van der Waals surface area (Å²) in [6, 6.07) is 5.16. The number of hydrogen-bond acceptors (Lipinski definition) is 6. The number of benzene rings is 1. The van der Waals surface area contributed by atoms with E-state index in [1.807, 2.05) is 0 Å². The van der Waals surface area contributed by atoms with Crippen molar-refractivity contribution < 1.29 is 24.3 Å². The minimum absolute atomic E-state index is 0.0960. The van der Waals surface area contributed by atoms with Gasteiger partial charge in [0, 0.05) is 18.3 Å². The lowest BCUT2D eigenvalue weighted by molar-refractivity contribution is -0.385. The first-order chi connectivity index (χ1) is 10.0. The van der Waals surface area contributed by atoms with Crippen molar-refractivity contribution >= 4 is 11.7 Å². The van der Waals surface area contributed by atoms with E-state index < -0.39 is 10.9 Å². The summed E-state index contributed by atoms with van der Waals surface area (Å²) in [5.41, 5.74) is -0.460. The lowest BCUT2D eigenvalue weighted by Crippen LogP contribution is -2.01. The maximum atomic E-state index is 11.1. The van der Waals surface area contributed by atoms with Crippen molar-refractivity contribution in [1.29, 1.82) is 0 Å². The van der Waals surface area contributed by atoms with Crippen LogP contribution in [0.4, 0.5) is 5.69 Å². The van der Waals surface area contributed by atoms with Crippen LogP contribution in [0.15, 0.2) is 36.7 Å². The monoisotopic (exact) mass is 290 g/mol. The molecule has 0 aliphatic carbocycles. The molecule has 0 spiro atoms. The number of methoxy groups -OCH3 is 1. The molecular weight excluding hydrogens is 280 g/mol. The van der Waals surface area contributed by atoms with Crippen LogP contribution in [0.3, 0.4) is 0 Å². The predicted octanol–water partition coefficient (Wildman–Crippen LogP) is 2.49. The molecule has 0 saturated carbocycles. The second-order valence-corrected chi connectivity index (χ2v) is 3.87. The van der Waals surface area contributed by atoms with Crippen LogP contribution in [-0.4, -0.2) is 28.1 Å². The Balaban J connectivity index is 2.48. The third-order valence-corrected chi connectivity index (χ3v) is 2.60. The second-order valence-electron chi connectivity index (χ2n) is 3.87. The van der Waals surface area contributed by atoms with Crippen LogP contribution >= 0.6 is 0 Å². The van der Waals surface area contributed by atoms with Gasteiger partial charge in [-0.3, -0.25) is 15.1 Å². The standard InChI is InChI=1S/C13H10N2O6/c1-20-8-2-3-10(15(18)19)11(6-8)21-12-7-14-5-4-9(12)13(16)17/h2-7H,1H3,(H,16,17). The van der Waals surface area contributed by atoms with Gasteiger partial charge in [0.05, 0.1) is 18.2 Å². The first kappa shape index (κ1) is 14.3. The van der Waals surface area contributed by atoms with Crippen molar-refractivity contribution in [1.82, 2.24) is 4.98 Å². The average Bonchev–Trinajstić information content (AvgIpc) is 2.47. The second kappa shape index (κ2) is 5.87. The summed E-state index contributed by atoms with van der Waals surface area (Å²) in [5.74, 6) is -1.11. The number of rotatable bonds is 5. The number of nitrogens with zero attached hydrogens (tertiary/aromatic N) is 2. The highest BCUT2D eigenvalue weighted by molar-refractivity contribution is 5.90. The van der Waals surface area contributed by atoms with Crippen LogP contribution in [0.5, 0.6) is 17.2 Å². The maximum absolute atomic E-state index is 11.1. The van der Waals surface area contributed by atoms with Crippen LogP contribution in [0.2, 0.25) is 0 Å². The van der Waals surface area contributed by atoms with E-state index in [-0.39, 0.29) is 22.7 Å². The fourth-order valence-electron chi connectivity index (χ4n) is 1.61. The molecule has 21 heavy (non-hydrogen) atoms. The minimum Gasteiger partial charge on any atom is -0.497 e. The number of aromatic nitrogens is 1. The molecule has 0 bridgehead atoms. The zero-order valence-corrected chi connectivity index (χ0v) is 10.8. The van der Waals surface area contributed by atoms with Crippen molar-refractivity contribution in [3.63, 3.8) is 0 Å². The topological polar surface area (TPSA) is 112 Å². The summed E-state index contributed by atoms with van der Waals surface area (Å²) in [7, 11) is 1.40. The highest BCUT2D eigenvalue weighted by Gasteiger charge is 2.19. The van der Waals surface area contributed by atoms with Crippen molar-refractivity contribution in [2.75, 3.05) is 7.11 Å². The number of ether oxygens (including phenoxy) is 2. The van der Waals surface area contributed by atoms with E-state index in [9.17, 15) is 14.9 Å². The number of nitro benzene ring substituents is 1. The highest BCUT2D eigenvalue weighted by Crippen LogP contribution is 2.35. The lowest BCUT2D eigenvalue weighted by atomic mass is 10.2. The zero-order valence-electron chi connectivity index (χ0n) is 10.8. The third-order valence-electron chi connectivity index (χ3n) is 2.60. The van der Waals surface area contributed by atoms with Crippen LogP contribution in [0.25, 0.3) is 0 Å². The van der Waals surface area contributed by atoms with Crippen LogP contribution in [0.1, 0.15) is 10.4 Å². The van der Waals surface area contributed by atoms with E-state index in [0.29, 0.717) is 5.75 Å². The Hall–Kier alpha value is -3.16. The fraction of sp³-hybridized carbons (Fsp3) is 0.0769. The predicted molar refractivity (Wildman–Crippen MR) is 70.9 cm³/mol. The van der Waals surface area contributed by atoms with Gasteiger partial charge in [0.25, 0.3) is 0 Å². The number of pyridine rings is 1. The Kier molecular flexibility index (Phi) is 3.98. The van der Waals surface area contributed by atoms with Gasteiger partial charge < -0.3 is 14.6 Å². The summed E-state index contributed by atoms with van der Waals surface area (Å²) < 4.78 is 10.3. The quantitative estimate of drug-likeness (QED) is 0.664. The van der Waals surface area contributed by atoms with Crippen molar-refractivity contribution in [2.24, 2.45) is 0 Å². The third kappa shape index (κ3) is 3.06. The molecule has 1 aromatic heterocycles. The SMILES string of the molecule is COc1ccc([N+](=O)[O-])c(Oc2cnccc2C(=O)O)c1. The molecule has 0 fully saturated rings. The summed E-state index contributed by atoms with van der Waals surface area (Å²) in [6.45, 7) is 0. The largest absolute Gasteiger partial charge is 0.497 e. The molecule has 1 N–H and O–H groups in total. The Bertz CT molecular complexity index is 701. The van der Waals surface area contributed by atoms with Crippen LogP contribution in [-0.2, 0) is 0 Å². The summed E-state index contributed by atoms with van der Waals surface area (Å²) in [5, 5.41) is 20.0. The zero-order chi connectivity index (χ0) is 15.4. The Morgan fingerprint density at radius 2 is 2.10 bits per heavy atom. The molecule has 0 unspecified atom stereocenters. The van der Waals surface area contributed by atoms with Gasteiger partial charge in [-0.05, 0) is 12.1 Å². The minimum atomic E-state index is -1.22. The molecule has 2 rings (SSSR count). The Labute approximate surface area is 118 Å². The molecular formula is C13H10N2O6. The number of carboxylic acids is 1. The van der Waals surface area contributed by atoms with Gasteiger partial charge in [0.1, 0.15) is 11.3 Å². The average molecular weight is 290 g/mol. The van der Waals surface area contributed by atoms with E-state index in [4.69, 9.17) is 14.6 Å². The molecule has 2 aromatic rings. The first-order valence-electron chi connectivity index (χ1n) is 5.70. The van der Waals surface area contributed by atoms with Gasteiger partial charge in [0.2, 0.25) is 5.75 Å². The van der Waals surface area contributed by atoms with E-state index >= 15 is 0 Å². The number of hydrogen-bond donors (Lipinski definition) is 1. The molecule has 8 heteroatoms. The summed E-state index contributed by atoms with van der Waals surface area (Å²) in [4.78, 5) is 25.2. The van der Waals surface area contributed by atoms with Crippen molar-refractivity contribution in [2.45, 2.75) is 0 Å². The number of aromatic carboxylic acids is 1. The van der Waals surface area contributed by atoms with Gasteiger partial charge in [-0.2, -0.15) is 0 Å². The molecule has 0 aliphatic rings. The van der Waals surface area contributed by atoms with Gasteiger partial charge in [-0.25, -0.2) is 4.79 Å². The van der Waals surface area contributed by atoms with E-state index in [1.165, 1.54) is 43.8 Å². The van der Waals surface area contributed by atoms with Gasteiger partial charge in [-0.15, -0.1) is 0 Å². The lowest BCUT2D eigenvalue weighted by Gasteiger charge is -2.09. The smallest absolute Gasteiger partial charge is 0.339 e. The molecule has 8 nitrogen and oxygen atoms in total. The maximum Gasteiger partial charge on any atom is 0.339 e. The number of carbonyl (C=O) groups is 1. The molecule has 0 radical (unpaired) electrons. The molecule has 1 heterocycles. The van der Waals surface area contributed by atoms with E-state index in [1.54, 1.807) is 0 Å². The summed E-state index contributed by atoms with van der Waals surface area (Å²) >= 11 is 0. The van der Waals surface area contributed by atoms with E-state index in [0.717, 1.165) is 0 Å². The molecule has 0 atom stereocenters. The Morgan fingerprint density at radius 1 is 1.33 bits per heavy atom. The normalized spacial score (nSPS) is 9.95. The van der Waals surface area contributed by atoms with Gasteiger partial charge in [0.15, 0.2) is 5.75 Å². The number of carboxylic acid groups (broad SMARTS) is 1. The molecule has 1 aromatic carbocycles. The van der Waals surface area contributed by atoms with Crippen molar-refractivity contribution in [3.05, 3.63) is 52.3 Å². The molecule has 108 valence electrons. The highest BCUT2D eigenvalue weighted by atomic mass is 16.6. The van der Waals surface area contributed by atoms with Gasteiger partial charge >= 0.3 is 11.7 Å².